The van der Waals surface area contributed by atoms with Crippen LogP contribution >= 0.6 is 11.8 Å². The van der Waals surface area contributed by atoms with Gasteiger partial charge in [-0.15, -0.1) is 0 Å². The fraction of sp³-hybridized carbons (Fsp3) is 0.0800. The van der Waals surface area contributed by atoms with Gasteiger partial charge >= 0.3 is 0 Å². The van der Waals surface area contributed by atoms with E-state index in [0.717, 1.165) is 22.9 Å². The Balaban J connectivity index is 1.39. The number of nitrogens with zero attached hydrogens (tertiary/aromatic N) is 4. The van der Waals surface area contributed by atoms with Gasteiger partial charge in [-0.2, -0.15) is 5.26 Å². The van der Waals surface area contributed by atoms with Crippen molar-refractivity contribution in [3.63, 3.8) is 0 Å². The normalized spacial score (nSPS) is 10.9. The molecule has 11 heteroatoms. The van der Waals surface area contributed by atoms with Crippen LogP contribution in [0.1, 0.15) is 11.1 Å². The van der Waals surface area contributed by atoms with Crippen molar-refractivity contribution < 1.29 is 13.2 Å². The van der Waals surface area contributed by atoms with Crippen LogP contribution in [0, 0.1) is 18.3 Å². The lowest BCUT2D eigenvalue weighted by atomic mass is 10.1. The van der Waals surface area contributed by atoms with E-state index in [2.05, 4.69) is 31.1 Å². The number of thioether (sulfide) groups is 1. The number of carbonyl (C=O) groups excluding carboxylic acids is 1. The highest BCUT2D eigenvalue weighted by molar-refractivity contribution is 8.00. The summed E-state index contributed by atoms with van der Waals surface area (Å²) in [6.07, 6.45) is 2.85. The van der Waals surface area contributed by atoms with Crippen LogP contribution in [0.3, 0.4) is 0 Å². The van der Waals surface area contributed by atoms with Crippen molar-refractivity contribution in [1.29, 1.82) is 5.26 Å². The Morgan fingerprint density at radius 1 is 1.00 bits per heavy atom. The summed E-state index contributed by atoms with van der Waals surface area (Å²) < 4.78 is 27.3. The van der Waals surface area contributed by atoms with E-state index in [9.17, 15) is 18.5 Å². The molecule has 0 unspecified atom stereocenters. The molecule has 2 N–H and O–H groups in total. The maximum atomic E-state index is 12.5. The van der Waals surface area contributed by atoms with Crippen LogP contribution in [0.2, 0.25) is 0 Å². The first-order chi connectivity index (χ1) is 17.3. The van der Waals surface area contributed by atoms with E-state index < -0.39 is 10.0 Å². The summed E-state index contributed by atoms with van der Waals surface area (Å²) in [6, 6.07) is 20.7. The smallest absolute Gasteiger partial charge is 0.264 e. The second-order valence-electron chi connectivity index (χ2n) is 7.57. The van der Waals surface area contributed by atoms with Gasteiger partial charge in [0.2, 0.25) is 11.9 Å². The molecule has 4 aromatic rings. The van der Waals surface area contributed by atoms with Gasteiger partial charge in [0, 0.05) is 23.6 Å². The topological polar surface area (TPSA) is 138 Å². The molecule has 180 valence electrons. The number of anilines is 2. The number of amides is 1. The Morgan fingerprint density at radius 2 is 1.69 bits per heavy atom. The van der Waals surface area contributed by atoms with Gasteiger partial charge in [-0.05, 0) is 49.4 Å². The van der Waals surface area contributed by atoms with E-state index in [1.807, 2.05) is 31.2 Å². The van der Waals surface area contributed by atoms with Crippen molar-refractivity contribution >= 4 is 39.3 Å². The van der Waals surface area contributed by atoms with Gasteiger partial charge in [0.05, 0.1) is 21.9 Å². The van der Waals surface area contributed by atoms with E-state index in [0.29, 0.717) is 22.0 Å². The van der Waals surface area contributed by atoms with Crippen LogP contribution in [0.15, 0.2) is 89.0 Å². The van der Waals surface area contributed by atoms with Gasteiger partial charge < -0.3 is 5.32 Å². The van der Waals surface area contributed by atoms with Gasteiger partial charge in [0.15, 0.2) is 0 Å². The molecule has 0 spiro atoms. The average Bonchev–Trinajstić information content (AvgIpc) is 2.88. The van der Waals surface area contributed by atoms with Crippen molar-refractivity contribution in [2.75, 3.05) is 15.8 Å². The zero-order valence-corrected chi connectivity index (χ0v) is 20.7. The summed E-state index contributed by atoms with van der Waals surface area (Å²) >= 11 is 1.15. The van der Waals surface area contributed by atoms with Gasteiger partial charge in [0.1, 0.15) is 11.1 Å². The summed E-state index contributed by atoms with van der Waals surface area (Å²) in [7, 11) is -3.87. The van der Waals surface area contributed by atoms with Crippen molar-refractivity contribution in [2.45, 2.75) is 16.8 Å². The molecule has 4 rings (SSSR count). The molecule has 9 nitrogen and oxygen atoms in total. The minimum Gasteiger partial charge on any atom is -0.325 e. The van der Waals surface area contributed by atoms with Crippen molar-refractivity contribution in [3.8, 4) is 17.3 Å². The third-order valence-corrected chi connectivity index (χ3v) is 7.24. The van der Waals surface area contributed by atoms with E-state index in [4.69, 9.17) is 0 Å². The number of hydrogen-bond acceptors (Lipinski definition) is 8. The Bertz CT molecular complexity index is 1520. The molecule has 0 bridgehead atoms. The van der Waals surface area contributed by atoms with Crippen LogP contribution in [0.4, 0.5) is 11.6 Å². The van der Waals surface area contributed by atoms with Crippen molar-refractivity contribution in [3.05, 3.63) is 90.3 Å². The Morgan fingerprint density at radius 3 is 2.36 bits per heavy atom. The molecule has 0 saturated heterocycles. The molecule has 0 radical (unpaired) electrons. The second kappa shape index (κ2) is 11.0. The monoisotopic (exact) mass is 516 g/mol. The number of nitrogens with one attached hydrogen (secondary N) is 2. The standard InChI is InChI=1S/C25H20N6O3S2/c1-17-3-5-18(6-4-17)22-12-7-19(15-26)24(30-22)35-16-23(32)29-20-8-10-21(11-9-20)36(33,34)31-25-27-13-2-14-28-25/h2-14H,16H2,1H3,(H,29,32)(H,27,28,31). The summed E-state index contributed by atoms with van der Waals surface area (Å²) in [4.78, 5) is 24.8. The first-order valence-electron chi connectivity index (χ1n) is 10.6. The minimum atomic E-state index is -3.87. The molecular formula is C25H20N6O3S2. The number of carbonyl (C=O) groups is 1. The van der Waals surface area contributed by atoms with Gasteiger partial charge in [-0.25, -0.2) is 28.1 Å². The summed E-state index contributed by atoms with van der Waals surface area (Å²) in [5.41, 5.74) is 3.57. The van der Waals surface area contributed by atoms with Crippen molar-refractivity contribution in [2.24, 2.45) is 0 Å². The van der Waals surface area contributed by atoms with Crippen LogP contribution in [-0.4, -0.2) is 35.0 Å². The van der Waals surface area contributed by atoms with Crippen LogP contribution in [0.25, 0.3) is 11.3 Å². The number of pyridine rings is 1. The zero-order valence-electron chi connectivity index (χ0n) is 19.0. The largest absolute Gasteiger partial charge is 0.325 e. The molecule has 2 aromatic heterocycles. The predicted molar refractivity (Wildman–Crippen MR) is 138 cm³/mol. The highest BCUT2D eigenvalue weighted by Gasteiger charge is 2.16. The maximum Gasteiger partial charge on any atom is 0.264 e. The van der Waals surface area contributed by atoms with Crippen molar-refractivity contribution in [1.82, 2.24) is 15.0 Å². The molecule has 0 fully saturated rings. The number of sulfonamides is 1. The lowest BCUT2D eigenvalue weighted by Gasteiger charge is -2.09. The molecular weight excluding hydrogens is 496 g/mol. The first kappa shape index (κ1) is 24.8. The second-order valence-corrected chi connectivity index (χ2v) is 10.2. The quantitative estimate of drug-likeness (QED) is 0.332. The van der Waals surface area contributed by atoms with Crippen LogP contribution in [0.5, 0.6) is 0 Å². The molecule has 0 saturated carbocycles. The van der Waals surface area contributed by atoms with E-state index >= 15 is 0 Å². The number of hydrogen-bond donors (Lipinski definition) is 2. The fourth-order valence-electron chi connectivity index (χ4n) is 3.10. The predicted octanol–water partition coefficient (Wildman–Crippen LogP) is 4.25. The lowest BCUT2D eigenvalue weighted by molar-refractivity contribution is -0.113. The minimum absolute atomic E-state index is 0.00175. The highest BCUT2D eigenvalue weighted by Crippen LogP contribution is 2.26. The number of aromatic nitrogens is 3. The Labute approximate surface area is 212 Å². The molecule has 2 heterocycles. The van der Waals surface area contributed by atoms with Gasteiger partial charge in [0.25, 0.3) is 10.0 Å². The van der Waals surface area contributed by atoms with Gasteiger partial charge in [-0.1, -0.05) is 41.6 Å². The number of nitriles is 1. The number of rotatable bonds is 8. The number of benzene rings is 2. The number of aryl methyl sites for hydroxylation is 1. The third kappa shape index (κ3) is 6.24. The fourth-order valence-corrected chi connectivity index (χ4v) is 4.83. The SMILES string of the molecule is Cc1ccc(-c2ccc(C#N)c(SCC(=O)Nc3ccc(S(=O)(=O)Nc4ncccn4)cc3)n2)cc1. The molecule has 0 aliphatic carbocycles. The summed E-state index contributed by atoms with van der Waals surface area (Å²) in [5.74, 6) is -0.340. The Hall–Kier alpha value is -4.27. The molecule has 0 aliphatic rings. The molecule has 0 aliphatic heterocycles. The molecule has 0 atom stereocenters. The maximum absolute atomic E-state index is 12.5. The van der Waals surface area contributed by atoms with Crippen LogP contribution < -0.4 is 10.0 Å². The molecule has 2 aromatic carbocycles. The van der Waals surface area contributed by atoms with E-state index in [1.165, 1.54) is 36.7 Å². The lowest BCUT2D eigenvalue weighted by Crippen LogP contribution is -2.16. The molecule has 36 heavy (non-hydrogen) atoms. The van der Waals surface area contributed by atoms with E-state index in [1.54, 1.807) is 18.2 Å². The highest BCUT2D eigenvalue weighted by atomic mass is 32.2. The van der Waals surface area contributed by atoms with Crippen LogP contribution in [-0.2, 0) is 14.8 Å². The third-order valence-electron chi connectivity index (χ3n) is 4.91. The summed E-state index contributed by atoms with van der Waals surface area (Å²) in [5, 5.41) is 12.6. The van der Waals surface area contributed by atoms with E-state index in [-0.39, 0.29) is 22.5 Å². The average molecular weight is 517 g/mol. The first-order valence-corrected chi connectivity index (χ1v) is 13.1. The Kier molecular flexibility index (Phi) is 7.58. The molecule has 1 amide bonds. The summed E-state index contributed by atoms with van der Waals surface area (Å²) in [6.45, 7) is 2.00. The van der Waals surface area contributed by atoms with Gasteiger partial charge in [-0.3, -0.25) is 4.79 Å². The zero-order chi connectivity index (χ0) is 25.5.